The molecule has 2 aromatic heterocycles. The number of carbonyl (C=O) groups is 1. The molecule has 1 aliphatic heterocycles. The molecule has 0 spiro atoms. The number of primary amides is 1. The van der Waals surface area contributed by atoms with E-state index in [2.05, 4.69) is 15.3 Å². The SMILES string of the molecule is CC(Nc1nccc(-c2[nH]c(C3OCC(C)(C(N)=O)CO3)nc2-c2ccc(F)cc2)n1)c1ccccc1. The third kappa shape index (κ3) is 5.20. The van der Waals surface area contributed by atoms with E-state index in [9.17, 15) is 9.18 Å². The molecule has 5 rings (SSSR count). The number of H-pyrrole nitrogens is 1. The standard InChI is InChI=1S/C27H27FN6O3/c1-16(17-6-4-3-5-7-17)31-26-30-13-12-20(32-26)22-21(18-8-10-19(28)11-9-18)33-23(34-22)24-36-14-27(2,15-37-24)25(29)35/h3-13,16,24H,14-15H2,1-2H3,(H2,29,35)(H,33,34)(H,30,31,32). The Bertz CT molecular complexity index is 1390. The van der Waals surface area contributed by atoms with Gasteiger partial charge in [0.1, 0.15) is 5.82 Å². The van der Waals surface area contributed by atoms with Crippen LogP contribution >= 0.6 is 0 Å². The number of amides is 1. The van der Waals surface area contributed by atoms with Crippen LogP contribution in [0, 0.1) is 11.2 Å². The van der Waals surface area contributed by atoms with Crippen LogP contribution in [-0.2, 0) is 14.3 Å². The van der Waals surface area contributed by atoms with E-state index in [-0.39, 0.29) is 25.1 Å². The lowest BCUT2D eigenvalue weighted by Crippen LogP contribution is -2.46. The number of aromatic amines is 1. The second-order valence-electron chi connectivity index (χ2n) is 9.27. The normalized spacial score (nSPS) is 20.4. The van der Waals surface area contributed by atoms with Gasteiger partial charge in [-0.1, -0.05) is 30.3 Å². The monoisotopic (exact) mass is 502 g/mol. The van der Waals surface area contributed by atoms with Gasteiger partial charge in [0.2, 0.25) is 18.1 Å². The molecular weight excluding hydrogens is 475 g/mol. The number of nitrogens with one attached hydrogen (secondary N) is 2. The minimum atomic E-state index is -0.922. The minimum Gasteiger partial charge on any atom is -0.369 e. The van der Waals surface area contributed by atoms with Crippen LogP contribution in [0.2, 0.25) is 0 Å². The molecule has 4 aromatic rings. The number of halogens is 1. The number of carbonyl (C=O) groups excluding carboxylic acids is 1. The van der Waals surface area contributed by atoms with Crippen LogP contribution in [0.1, 0.15) is 37.6 Å². The molecule has 1 unspecified atom stereocenters. The summed E-state index contributed by atoms with van der Waals surface area (Å²) in [5.74, 6) is -0.0120. The van der Waals surface area contributed by atoms with Gasteiger partial charge in [-0.3, -0.25) is 4.79 Å². The highest BCUT2D eigenvalue weighted by atomic mass is 19.1. The van der Waals surface area contributed by atoms with Crippen LogP contribution in [0.4, 0.5) is 10.3 Å². The first kappa shape index (κ1) is 24.5. The van der Waals surface area contributed by atoms with Crippen molar-refractivity contribution < 1.29 is 18.7 Å². The Morgan fingerprint density at radius 3 is 2.49 bits per heavy atom. The first-order valence-corrected chi connectivity index (χ1v) is 11.9. The molecule has 10 heteroatoms. The Labute approximate surface area is 213 Å². The molecule has 9 nitrogen and oxygen atoms in total. The Kier molecular flexibility index (Phi) is 6.68. The van der Waals surface area contributed by atoms with Gasteiger partial charge in [-0.25, -0.2) is 19.3 Å². The highest BCUT2D eigenvalue weighted by Crippen LogP contribution is 2.35. The average Bonchev–Trinajstić information content (AvgIpc) is 3.36. The lowest BCUT2D eigenvalue weighted by molar-refractivity contribution is -0.230. The first-order chi connectivity index (χ1) is 17.8. The van der Waals surface area contributed by atoms with Crippen LogP contribution in [0.3, 0.4) is 0 Å². The van der Waals surface area contributed by atoms with Crippen molar-refractivity contribution in [2.24, 2.45) is 11.1 Å². The molecule has 1 saturated heterocycles. The van der Waals surface area contributed by atoms with Crippen LogP contribution in [-0.4, -0.2) is 39.1 Å². The fourth-order valence-corrected chi connectivity index (χ4v) is 4.00. The average molecular weight is 503 g/mol. The maximum Gasteiger partial charge on any atom is 0.228 e. The number of anilines is 1. The zero-order chi connectivity index (χ0) is 26.0. The predicted molar refractivity (Wildman–Crippen MR) is 135 cm³/mol. The third-order valence-corrected chi connectivity index (χ3v) is 6.32. The van der Waals surface area contributed by atoms with Crippen molar-refractivity contribution in [1.82, 2.24) is 19.9 Å². The molecular formula is C27H27FN6O3. The highest BCUT2D eigenvalue weighted by molar-refractivity contribution is 5.81. The summed E-state index contributed by atoms with van der Waals surface area (Å²) < 4.78 is 25.2. The van der Waals surface area contributed by atoms with E-state index in [1.807, 2.05) is 37.3 Å². The summed E-state index contributed by atoms with van der Waals surface area (Å²) >= 11 is 0. The molecule has 37 heavy (non-hydrogen) atoms. The summed E-state index contributed by atoms with van der Waals surface area (Å²) in [6, 6.07) is 17.7. The second-order valence-corrected chi connectivity index (χ2v) is 9.27. The summed E-state index contributed by atoms with van der Waals surface area (Å²) in [7, 11) is 0. The Morgan fingerprint density at radius 2 is 1.81 bits per heavy atom. The molecule has 1 amide bonds. The van der Waals surface area contributed by atoms with E-state index in [0.717, 1.165) is 5.56 Å². The van der Waals surface area contributed by atoms with Crippen molar-refractivity contribution in [3.63, 3.8) is 0 Å². The van der Waals surface area contributed by atoms with Crippen LogP contribution in [0.25, 0.3) is 22.6 Å². The summed E-state index contributed by atoms with van der Waals surface area (Å²) in [4.78, 5) is 28.8. The number of aromatic nitrogens is 4. The summed E-state index contributed by atoms with van der Waals surface area (Å²) in [6.07, 6.45) is 0.821. The lowest BCUT2D eigenvalue weighted by atomic mass is 9.91. The van der Waals surface area contributed by atoms with E-state index in [1.54, 1.807) is 31.3 Å². The third-order valence-electron chi connectivity index (χ3n) is 6.32. The maximum atomic E-state index is 13.6. The molecule has 1 aliphatic rings. The van der Waals surface area contributed by atoms with Crippen molar-refractivity contribution in [2.45, 2.75) is 26.2 Å². The smallest absolute Gasteiger partial charge is 0.228 e. The Hall–Kier alpha value is -4.15. The Morgan fingerprint density at radius 1 is 1.11 bits per heavy atom. The van der Waals surface area contributed by atoms with Gasteiger partial charge < -0.3 is 25.5 Å². The largest absolute Gasteiger partial charge is 0.369 e. The van der Waals surface area contributed by atoms with Gasteiger partial charge in [0.25, 0.3) is 0 Å². The van der Waals surface area contributed by atoms with E-state index >= 15 is 0 Å². The number of nitrogens with two attached hydrogens (primary N) is 1. The highest BCUT2D eigenvalue weighted by Gasteiger charge is 2.39. The molecule has 4 N–H and O–H groups in total. The van der Waals surface area contributed by atoms with Crippen molar-refractivity contribution in [3.05, 3.63) is 84.1 Å². The van der Waals surface area contributed by atoms with Gasteiger partial charge in [0.15, 0.2) is 5.82 Å². The van der Waals surface area contributed by atoms with Gasteiger partial charge in [-0.2, -0.15) is 0 Å². The van der Waals surface area contributed by atoms with Crippen LogP contribution in [0.15, 0.2) is 66.9 Å². The number of ether oxygens (including phenoxy) is 2. The van der Waals surface area contributed by atoms with E-state index < -0.39 is 17.6 Å². The molecule has 2 aromatic carbocycles. The van der Waals surface area contributed by atoms with E-state index in [1.165, 1.54) is 12.1 Å². The molecule has 190 valence electrons. The van der Waals surface area contributed by atoms with E-state index in [0.29, 0.717) is 34.4 Å². The fraction of sp³-hybridized carbons (Fsp3) is 0.259. The maximum absolute atomic E-state index is 13.6. The summed E-state index contributed by atoms with van der Waals surface area (Å²) in [6.45, 7) is 3.90. The molecule has 3 heterocycles. The summed E-state index contributed by atoms with van der Waals surface area (Å²) in [5.41, 5.74) is 8.07. The second kappa shape index (κ2) is 10.1. The molecule has 0 bridgehead atoms. The van der Waals surface area contributed by atoms with Gasteiger partial charge in [-0.05, 0) is 49.7 Å². The van der Waals surface area contributed by atoms with Crippen molar-refractivity contribution in [3.8, 4) is 22.6 Å². The van der Waals surface area contributed by atoms with Crippen molar-refractivity contribution in [1.29, 1.82) is 0 Å². The number of benzene rings is 2. The molecule has 0 saturated carbocycles. The van der Waals surface area contributed by atoms with Gasteiger partial charge in [-0.15, -0.1) is 0 Å². The van der Waals surface area contributed by atoms with Crippen LogP contribution in [0.5, 0.6) is 0 Å². The number of hydrogen-bond donors (Lipinski definition) is 3. The predicted octanol–water partition coefficient (Wildman–Crippen LogP) is 4.38. The molecule has 0 radical (unpaired) electrons. The topological polar surface area (TPSA) is 128 Å². The minimum absolute atomic E-state index is 0.0195. The van der Waals surface area contributed by atoms with Gasteiger partial charge >= 0.3 is 0 Å². The Balaban J connectivity index is 1.47. The molecule has 1 atom stereocenters. The number of nitrogens with zero attached hydrogens (tertiary/aromatic N) is 3. The van der Waals surface area contributed by atoms with Crippen molar-refractivity contribution in [2.75, 3.05) is 18.5 Å². The van der Waals surface area contributed by atoms with Crippen molar-refractivity contribution >= 4 is 11.9 Å². The lowest BCUT2D eigenvalue weighted by Gasteiger charge is -2.34. The molecule has 0 aliphatic carbocycles. The summed E-state index contributed by atoms with van der Waals surface area (Å²) in [5, 5.41) is 3.33. The number of imidazole rings is 1. The van der Waals surface area contributed by atoms with E-state index in [4.69, 9.17) is 25.2 Å². The molecule has 1 fully saturated rings. The van der Waals surface area contributed by atoms with Gasteiger partial charge in [0.05, 0.1) is 41.8 Å². The zero-order valence-electron chi connectivity index (χ0n) is 20.4. The van der Waals surface area contributed by atoms with Crippen LogP contribution < -0.4 is 11.1 Å². The fourth-order valence-electron chi connectivity index (χ4n) is 4.00. The number of hydrogen-bond acceptors (Lipinski definition) is 7. The van der Waals surface area contributed by atoms with Gasteiger partial charge in [0, 0.05) is 11.8 Å². The number of rotatable bonds is 7. The zero-order valence-corrected chi connectivity index (χ0v) is 20.4. The quantitative estimate of drug-likeness (QED) is 0.342. The first-order valence-electron chi connectivity index (χ1n) is 11.9.